The number of nitrogens with one attached hydrogen (secondary N) is 2. The first-order chi connectivity index (χ1) is 9.08. The normalized spacial score (nSPS) is 10.3. The van der Waals surface area contributed by atoms with E-state index in [1.165, 1.54) is 5.56 Å². The van der Waals surface area contributed by atoms with Gasteiger partial charge in [0.15, 0.2) is 0 Å². The lowest BCUT2D eigenvalue weighted by molar-refractivity contribution is 0.252. The van der Waals surface area contributed by atoms with Crippen molar-refractivity contribution in [2.45, 2.75) is 26.2 Å². The first-order valence-corrected chi connectivity index (χ1v) is 7.90. The molecule has 1 aromatic rings. The van der Waals surface area contributed by atoms with Crippen LogP contribution >= 0.6 is 31.9 Å². The first-order valence-electron chi connectivity index (χ1n) is 6.31. The number of anilines is 1. The fourth-order valence-electron chi connectivity index (χ4n) is 1.58. The average Bonchev–Trinajstić information content (AvgIpc) is 2.38. The summed E-state index contributed by atoms with van der Waals surface area (Å²) in [5.41, 5.74) is 7.34. The summed E-state index contributed by atoms with van der Waals surface area (Å²) in [6.07, 6.45) is 2.75. The van der Waals surface area contributed by atoms with Crippen molar-refractivity contribution in [3.8, 4) is 0 Å². The number of carbonyl (C=O) groups is 1. The van der Waals surface area contributed by atoms with E-state index in [2.05, 4.69) is 49.4 Å². The molecule has 1 aromatic carbocycles. The standard InChI is InChI=1S/C13H19Br2N3O/c1-2-9-7-10(14)12(11(15)8-9)18-13(19)17-6-4-3-5-16/h7-8H,2-6,16H2,1H3,(H2,17,18,19). The topological polar surface area (TPSA) is 67.2 Å². The van der Waals surface area contributed by atoms with Crippen molar-refractivity contribution in [1.82, 2.24) is 5.32 Å². The van der Waals surface area contributed by atoms with Crippen LogP contribution in [0.25, 0.3) is 0 Å². The minimum absolute atomic E-state index is 0.206. The van der Waals surface area contributed by atoms with Crippen molar-refractivity contribution >= 4 is 43.6 Å². The molecule has 0 unspecified atom stereocenters. The van der Waals surface area contributed by atoms with E-state index in [-0.39, 0.29) is 6.03 Å². The number of unbranched alkanes of at least 4 members (excludes halogenated alkanes) is 1. The zero-order valence-corrected chi connectivity index (χ0v) is 14.1. The Morgan fingerprint density at radius 1 is 1.26 bits per heavy atom. The van der Waals surface area contributed by atoms with Crippen LogP contribution in [0, 0.1) is 0 Å². The highest BCUT2D eigenvalue weighted by molar-refractivity contribution is 9.11. The maximum Gasteiger partial charge on any atom is 0.319 e. The summed E-state index contributed by atoms with van der Waals surface area (Å²) in [5, 5.41) is 5.63. The number of hydrogen-bond acceptors (Lipinski definition) is 2. The van der Waals surface area contributed by atoms with Crippen molar-refractivity contribution in [2.75, 3.05) is 18.4 Å². The van der Waals surface area contributed by atoms with Crippen LogP contribution < -0.4 is 16.4 Å². The Morgan fingerprint density at radius 2 is 1.89 bits per heavy atom. The molecule has 0 spiro atoms. The number of nitrogens with two attached hydrogens (primary N) is 1. The van der Waals surface area contributed by atoms with E-state index < -0.39 is 0 Å². The number of benzene rings is 1. The molecule has 0 fully saturated rings. The number of carbonyl (C=O) groups excluding carboxylic acids is 1. The maximum absolute atomic E-state index is 11.7. The third-order valence-corrected chi connectivity index (χ3v) is 3.92. The molecule has 0 bridgehead atoms. The van der Waals surface area contributed by atoms with Gasteiger partial charge in [-0.3, -0.25) is 0 Å². The van der Waals surface area contributed by atoms with Crippen molar-refractivity contribution in [1.29, 1.82) is 0 Å². The molecule has 0 heterocycles. The van der Waals surface area contributed by atoms with Crippen molar-refractivity contribution in [3.63, 3.8) is 0 Å². The molecule has 19 heavy (non-hydrogen) atoms. The quantitative estimate of drug-likeness (QED) is 0.647. The Labute approximate surface area is 130 Å². The molecule has 0 aliphatic heterocycles. The van der Waals surface area contributed by atoms with Crippen LogP contribution in [0.1, 0.15) is 25.3 Å². The van der Waals surface area contributed by atoms with E-state index in [9.17, 15) is 4.79 Å². The Hall–Kier alpha value is -0.590. The zero-order valence-electron chi connectivity index (χ0n) is 10.9. The van der Waals surface area contributed by atoms with E-state index in [0.717, 1.165) is 33.9 Å². The van der Waals surface area contributed by atoms with Crippen molar-refractivity contribution < 1.29 is 4.79 Å². The van der Waals surface area contributed by atoms with Gasteiger partial charge in [-0.1, -0.05) is 6.92 Å². The van der Waals surface area contributed by atoms with Gasteiger partial charge in [-0.25, -0.2) is 4.79 Å². The van der Waals surface area contributed by atoms with E-state index in [1.807, 2.05) is 12.1 Å². The molecule has 0 aliphatic carbocycles. The van der Waals surface area contributed by atoms with Gasteiger partial charge in [-0.2, -0.15) is 0 Å². The van der Waals surface area contributed by atoms with Gasteiger partial charge in [-0.15, -0.1) is 0 Å². The molecular formula is C13H19Br2N3O. The lowest BCUT2D eigenvalue weighted by atomic mass is 10.1. The molecule has 4 nitrogen and oxygen atoms in total. The van der Waals surface area contributed by atoms with Gasteiger partial charge in [0, 0.05) is 15.5 Å². The number of amides is 2. The highest BCUT2D eigenvalue weighted by Crippen LogP contribution is 2.32. The summed E-state index contributed by atoms with van der Waals surface area (Å²) in [6, 6.07) is 3.81. The molecule has 0 atom stereocenters. The summed E-state index contributed by atoms with van der Waals surface area (Å²) in [7, 11) is 0. The van der Waals surface area contributed by atoms with Crippen LogP contribution in [0.15, 0.2) is 21.1 Å². The third-order valence-electron chi connectivity index (χ3n) is 2.67. The molecule has 0 radical (unpaired) electrons. The minimum Gasteiger partial charge on any atom is -0.338 e. The number of urea groups is 1. The predicted octanol–water partition coefficient (Wildman–Crippen LogP) is 3.63. The van der Waals surface area contributed by atoms with Crippen LogP contribution in [0.5, 0.6) is 0 Å². The number of rotatable bonds is 6. The molecule has 0 aromatic heterocycles. The zero-order chi connectivity index (χ0) is 14.3. The van der Waals surface area contributed by atoms with Gasteiger partial charge in [0.1, 0.15) is 0 Å². The lowest BCUT2D eigenvalue weighted by Gasteiger charge is -2.12. The van der Waals surface area contributed by atoms with Gasteiger partial charge < -0.3 is 16.4 Å². The number of halogens is 2. The van der Waals surface area contributed by atoms with Crippen LogP contribution in [0.4, 0.5) is 10.5 Å². The molecule has 0 saturated carbocycles. The summed E-state index contributed by atoms with van der Waals surface area (Å²) in [5.74, 6) is 0. The smallest absolute Gasteiger partial charge is 0.319 e. The monoisotopic (exact) mass is 391 g/mol. The summed E-state index contributed by atoms with van der Waals surface area (Å²) < 4.78 is 1.74. The van der Waals surface area contributed by atoms with Crippen LogP contribution in [0.3, 0.4) is 0 Å². The molecule has 6 heteroatoms. The van der Waals surface area contributed by atoms with Crippen LogP contribution in [-0.4, -0.2) is 19.1 Å². The van der Waals surface area contributed by atoms with Crippen molar-refractivity contribution in [3.05, 3.63) is 26.6 Å². The molecule has 1 rings (SSSR count). The van der Waals surface area contributed by atoms with E-state index in [4.69, 9.17) is 5.73 Å². The Morgan fingerprint density at radius 3 is 2.42 bits per heavy atom. The molecule has 106 valence electrons. The van der Waals surface area contributed by atoms with E-state index in [1.54, 1.807) is 0 Å². The second-order valence-corrected chi connectivity index (χ2v) is 5.87. The number of hydrogen-bond donors (Lipinski definition) is 3. The Bertz CT molecular complexity index is 415. The summed E-state index contributed by atoms with van der Waals surface area (Å²) in [4.78, 5) is 11.7. The predicted molar refractivity (Wildman–Crippen MR) is 86.5 cm³/mol. The Kier molecular flexibility index (Phi) is 7.41. The number of aryl methyl sites for hydroxylation is 1. The summed E-state index contributed by atoms with van der Waals surface area (Å²) >= 11 is 6.94. The van der Waals surface area contributed by atoms with Gasteiger partial charge in [0.25, 0.3) is 0 Å². The largest absolute Gasteiger partial charge is 0.338 e. The Balaban J connectivity index is 2.59. The molecule has 0 aliphatic rings. The highest BCUT2D eigenvalue weighted by Gasteiger charge is 2.10. The van der Waals surface area contributed by atoms with Gasteiger partial charge >= 0.3 is 6.03 Å². The molecule has 4 N–H and O–H groups in total. The second-order valence-electron chi connectivity index (χ2n) is 4.16. The second kappa shape index (κ2) is 8.55. The van der Waals surface area contributed by atoms with Crippen LogP contribution in [-0.2, 0) is 6.42 Å². The van der Waals surface area contributed by atoms with E-state index in [0.29, 0.717) is 13.1 Å². The van der Waals surface area contributed by atoms with Crippen molar-refractivity contribution in [2.24, 2.45) is 5.73 Å². The summed E-state index contributed by atoms with van der Waals surface area (Å²) in [6.45, 7) is 3.37. The fourth-order valence-corrected chi connectivity index (χ4v) is 3.06. The van der Waals surface area contributed by atoms with Crippen LogP contribution in [0.2, 0.25) is 0 Å². The van der Waals surface area contributed by atoms with E-state index >= 15 is 0 Å². The third kappa shape index (κ3) is 5.50. The fraction of sp³-hybridized carbons (Fsp3) is 0.462. The minimum atomic E-state index is -0.206. The average molecular weight is 393 g/mol. The van der Waals surface area contributed by atoms with Gasteiger partial charge in [0.2, 0.25) is 0 Å². The first kappa shape index (κ1) is 16.5. The van der Waals surface area contributed by atoms with Gasteiger partial charge in [0.05, 0.1) is 5.69 Å². The molecular weight excluding hydrogens is 374 g/mol. The molecule has 0 saturated heterocycles. The van der Waals surface area contributed by atoms with Gasteiger partial charge in [-0.05, 0) is 75.4 Å². The maximum atomic E-state index is 11.7. The lowest BCUT2D eigenvalue weighted by Crippen LogP contribution is -2.30. The highest BCUT2D eigenvalue weighted by atomic mass is 79.9. The SMILES string of the molecule is CCc1cc(Br)c(NC(=O)NCCCCN)c(Br)c1. The molecule has 2 amide bonds.